The maximum Gasteiger partial charge on any atom is 0.226 e. The topological polar surface area (TPSA) is 49.3 Å². The summed E-state index contributed by atoms with van der Waals surface area (Å²) in [6.45, 7) is 21.4. The van der Waals surface area contributed by atoms with Crippen molar-refractivity contribution in [1.82, 2.24) is 5.32 Å². The molecule has 136 valence electrons. The summed E-state index contributed by atoms with van der Waals surface area (Å²) in [4.78, 5) is 12.4. The van der Waals surface area contributed by atoms with Gasteiger partial charge in [0.05, 0.1) is 5.41 Å². The number of rotatable bonds is 8. The van der Waals surface area contributed by atoms with Crippen LogP contribution in [0.1, 0.15) is 88.5 Å². The van der Waals surface area contributed by atoms with E-state index in [4.69, 9.17) is 5.11 Å². The molecule has 2 N–H and O–H groups in total. The molecule has 0 aliphatic rings. The van der Waals surface area contributed by atoms with Crippen molar-refractivity contribution in [3.05, 3.63) is 0 Å². The SMILES string of the molecule is CC.CC.CCC(C)(C(=O)NCCC(C)C)C(C)(C)CCO. The minimum atomic E-state index is -0.424. The minimum absolute atomic E-state index is 0.115. The molecule has 0 bridgehead atoms. The monoisotopic (exact) mass is 317 g/mol. The van der Waals surface area contributed by atoms with Gasteiger partial charge in [-0.2, -0.15) is 0 Å². The molecule has 3 nitrogen and oxygen atoms in total. The highest BCUT2D eigenvalue weighted by atomic mass is 16.3. The van der Waals surface area contributed by atoms with Gasteiger partial charge in [0.1, 0.15) is 0 Å². The number of hydrogen-bond acceptors (Lipinski definition) is 2. The second kappa shape index (κ2) is 14.0. The lowest BCUT2D eigenvalue weighted by Gasteiger charge is -2.42. The number of aliphatic hydroxyl groups excluding tert-OH is 1. The van der Waals surface area contributed by atoms with Gasteiger partial charge in [0.25, 0.3) is 0 Å². The van der Waals surface area contributed by atoms with Gasteiger partial charge in [-0.05, 0) is 30.6 Å². The van der Waals surface area contributed by atoms with Crippen molar-refractivity contribution in [2.45, 2.75) is 88.5 Å². The summed E-state index contributed by atoms with van der Waals surface area (Å²) in [6, 6.07) is 0. The van der Waals surface area contributed by atoms with E-state index in [0.29, 0.717) is 12.3 Å². The smallest absolute Gasteiger partial charge is 0.226 e. The van der Waals surface area contributed by atoms with Gasteiger partial charge in [-0.3, -0.25) is 4.79 Å². The van der Waals surface area contributed by atoms with Gasteiger partial charge < -0.3 is 10.4 Å². The van der Waals surface area contributed by atoms with Crippen molar-refractivity contribution in [2.24, 2.45) is 16.7 Å². The third-order valence-corrected chi connectivity index (χ3v) is 4.45. The Morgan fingerprint density at radius 2 is 1.55 bits per heavy atom. The van der Waals surface area contributed by atoms with Gasteiger partial charge in [-0.25, -0.2) is 0 Å². The molecule has 0 saturated heterocycles. The second-order valence-corrected chi connectivity index (χ2v) is 6.48. The molecule has 0 radical (unpaired) electrons. The van der Waals surface area contributed by atoms with E-state index in [-0.39, 0.29) is 17.9 Å². The quantitative estimate of drug-likeness (QED) is 0.660. The molecule has 0 fully saturated rings. The highest BCUT2D eigenvalue weighted by Crippen LogP contribution is 2.44. The number of amides is 1. The van der Waals surface area contributed by atoms with Gasteiger partial charge in [-0.15, -0.1) is 0 Å². The molecule has 0 aromatic heterocycles. The third-order valence-electron chi connectivity index (χ3n) is 4.45. The molecule has 0 aromatic carbocycles. The van der Waals surface area contributed by atoms with Crippen molar-refractivity contribution < 1.29 is 9.90 Å². The van der Waals surface area contributed by atoms with Crippen LogP contribution in [0.25, 0.3) is 0 Å². The van der Waals surface area contributed by atoms with Crippen LogP contribution in [0.3, 0.4) is 0 Å². The van der Waals surface area contributed by atoms with Crippen molar-refractivity contribution in [3.8, 4) is 0 Å². The number of carbonyl (C=O) groups excluding carboxylic acids is 1. The van der Waals surface area contributed by atoms with Gasteiger partial charge in [0.15, 0.2) is 0 Å². The van der Waals surface area contributed by atoms with Crippen LogP contribution in [0.2, 0.25) is 0 Å². The fraction of sp³-hybridized carbons (Fsp3) is 0.947. The van der Waals surface area contributed by atoms with Crippen LogP contribution in [-0.2, 0) is 4.79 Å². The molecule has 0 rings (SSSR count). The van der Waals surface area contributed by atoms with Crippen LogP contribution < -0.4 is 5.32 Å². The molecule has 0 aliphatic carbocycles. The summed E-state index contributed by atoms with van der Waals surface area (Å²) in [5.41, 5.74) is -0.620. The predicted octanol–water partition coefficient (Wildman–Crippen LogP) is 5.03. The van der Waals surface area contributed by atoms with Crippen molar-refractivity contribution in [3.63, 3.8) is 0 Å². The first-order valence-corrected chi connectivity index (χ1v) is 9.10. The normalized spacial score (nSPS) is 13.3. The van der Waals surface area contributed by atoms with Gasteiger partial charge in [0, 0.05) is 13.2 Å². The molecular formula is C19H43NO2. The van der Waals surface area contributed by atoms with Gasteiger partial charge in [0.2, 0.25) is 5.91 Å². The van der Waals surface area contributed by atoms with E-state index >= 15 is 0 Å². The lowest BCUT2D eigenvalue weighted by molar-refractivity contribution is -0.138. The van der Waals surface area contributed by atoms with Crippen molar-refractivity contribution >= 4 is 5.91 Å². The van der Waals surface area contributed by atoms with Crippen LogP contribution in [0, 0.1) is 16.7 Å². The molecule has 1 atom stereocenters. The van der Waals surface area contributed by atoms with E-state index in [2.05, 4.69) is 33.0 Å². The van der Waals surface area contributed by atoms with Crippen LogP contribution in [0.5, 0.6) is 0 Å². The summed E-state index contributed by atoms with van der Waals surface area (Å²) >= 11 is 0. The summed E-state index contributed by atoms with van der Waals surface area (Å²) < 4.78 is 0. The maximum atomic E-state index is 12.4. The molecule has 0 aliphatic heterocycles. The maximum absolute atomic E-state index is 12.4. The zero-order valence-electron chi connectivity index (χ0n) is 17.0. The molecule has 0 heterocycles. The Morgan fingerprint density at radius 1 is 1.09 bits per heavy atom. The van der Waals surface area contributed by atoms with E-state index in [0.717, 1.165) is 19.4 Å². The summed E-state index contributed by atoms with van der Waals surface area (Å²) in [5.74, 6) is 0.715. The lowest BCUT2D eigenvalue weighted by atomic mass is 9.63. The van der Waals surface area contributed by atoms with Crippen molar-refractivity contribution in [1.29, 1.82) is 0 Å². The molecule has 22 heavy (non-hydrogen) atoms. The average molecular weight is 318 g/mol. The van der Waals surface area contributed by atoms with E-state index in [9.17, 15) is 4.79 Å². The molecule has 0 spiro atoms. The van der Waals surface area contributed by atoms with E-state index in [1.807, 2.05) is 41.5 Å². The standard InChI is InChI=1S/C15H31NO2.2C2H6/c1-7-15(6,14(4,5)9-11-17)13(18)16-10-8-12(2)3;2*1-2/h12,17H,7-11H2,1-6H3,(H,16,18);2*1-2H3. The lowest BCUT2D eigenvalue weighted by Crippen LogP contribution is -2.48. The average Bonchev–Trinajstić information content (AvgIpc) is 2.49. The second-order valence-electron chi connectivity index (χ2n) is 6.48. The summed E-state index contributed by atoms with van der Waals surface area (Å²) in [6.07, 6.45) is 2.44. The van der Waals surface area contributed by atoms with Crippen LogP contribution in [0.15, 0.2) is 0 Å². The Labute approximate surface area is 140 Å². The molecule has 1 amide bonds. The predicted molar refractivity (Wildman–Crippen MR) is 99.0 cm³/mol. The zero-order chi connectivity index (χ0) is 18.4. The molecule has 3 heteroatoms. The van der Waals surface area contributed by atoms with Gasteiger partial charge in [-0.1, -0.05) is 69.2 Å². The highest BCUT2D eigenvalue weighted by molar-refractivity contribution is 5.83. The van der Waals surface area contributed by atoms with E-state index < -0.39 is 5.41 Å². The zero-order valence-corrected chi connectivity index (χ0v) is 17.0. The van der Waals surface area contributed by atoms with Crippen LogP contribution in [-0.4, -0.2) is 24.2 Å². The van der Waals surface area contributed by atoms with Crippen molar-refractivity contribution in [2.75, 3.05) is 13.2 Å². The Morgan fingerprint density at radius 3 is 1.86 bits per heavy atom. The van der Waals surface area contributed by atoms with Crippen LogP contribution >= 0.6 is 0 Å². The first-order chi connectivity index (χ1) is 10.2. The number of nitrogens with one attached hydrogen (secondary N) is 1. The van der Waals surface area contributed by atoms with E-state index in [1.165, 1.54) is 0 Å². The fourth-order valence-electron chi connectivity index (χ4n) is 2.17. The number of hydrogen-bond donors (Lipinski definition) is 2. The number of carbonyl (C=O) groups is 1. The molecule has 0 aromatic rings. The Kier molecular flexibility index (Phi) is 16.8. The first kappa shape index (κ1) is 26.3. The Balaban J connectivity index is -0.000000826. The Hall–Kier alpha value is -0.570. The van der Waals surface area contributed by atoms with Gasteiger partial charge >= 0.3 is 0 Å². The first-order valence-electron chi connectivity index (χ1n) is 9.10. The third kappa shape index (κ3) is 8.77. The largest absolute Gasteiger partial charge is 0.396 e. The minimum Gasteiger partial charge on any atom is -0.396 e. The fourth-order valence-corrected chi connectivity index (χ4v) is 2.17. The molecule has 1 unspecified atom stereocenters. The summed E-state index contributed by atoms with van der Waals surface area (Å²) in [7, 11) is 0. The molecule has 0 saturated carbocycles. The summed E-state index contributed by atoms with van der Waals surface area (Å²) in [5, 5.41) is 12.2. The Bertz CT molecular complexity index is 262. The highest BCUT2D eigenvalue weighted by Gasteiger charge is 2.44. The van der Waals surface area contributed by atoms with Crippen LogP contribution in [0.4, 0.5) is 0 Å². The van der Waals surface area contributed by atoms with E-state index in [1.54, 1.807) is 0 Å². The molecular weight excluding hydrogens is 274 g/mol. The number of aliphatic hydroxyl groups is 1.